The molecule has 0 atom stereocenters. The molecule has 0 aliphatic heterocycles. The van der Waals surface area contributed by atoms with Crippen LogP contribution in [0, 0.1) is 0 Å². The third kappa shape index (κ3) is 5.15. The first kappa shape index (κ1) is 15.2. The second-order valence-corrected chi connectivity index (χ2v) is 11.0. The molecule has 0 aromatic carbocycles. The average molecular weight is 260 g/mol. The van der Waals surface area contributed by atoms with E-state index in [0.29, 0.717) is 0 Å². The van der Waals surface area contributed by atoms with Gasteiger partial charge in [-0.3, -0.25) is 16.4 Å². The molecule has 15 heavy (non-hydrogen) atoms. The molecule has 0 aromatic heterocycles. The van der Waals surface area contributed by atoms with E-state index in [9.17, 15) is 16.4 Å². The fraction of sp³-hybridized carbons (Fsp3) is 1.00. The highest BCUT2D eigenvalue weighted by Crippen LogP contribution is 2.34. The summed E-state index contributed by atoms with van der Waals surface area (Å²) >= 11 is 0. The molecule has 0 bridgehead atoms. The highest BCUT2D eigenvalue weighted by molar-refractivity contribution is 6.69. The van der Waals surface area contributed by atoms with E-state index >= 15 is 0 Å². The summed E-state index contributed by atoms with van der Waals surface area (Å²) in [5, 5.41) is 0. The van der Waals surface area contributed by atoms with Gasteiger partial charge in [0.25, 0.3) is 0 Å². The van der Waals surface area contributed by atoms with Crippen LogP contribution in [-0.2, 0) is 0 Å². The van der Waals surface area contributed by atoms with Gasteiger partial charge in [-0.15, -0.1) is 0 Å². The maximum absolute atomic E-state index is 13.2. The first-order valence-corrected chi connectivity index (χ1v) is 9.43. The lowest BCUT2D eigenvalue weighted by Gasteiger charge is -2.19. The molecule has 0 saturated carbocycles. The van der Waals surface area contributed by atoms with Crippen LogP contribution in [0.15, 0.2) is 0 Å². The number of rotatable bonds is 6. The fourth-order valence-electron chi connectivity index (χ4n) is 1.14. The van der Waals surface area contributed by atoms with Crippen LogP contribution in [0.5, 0.6) is 0 Å². The van der Waals surface area contributed by atoms with Gasteiger partial charge in [0.15, 0.2) is 0 Å². The van der Waals surface area contributed by atoms with Crippen molar-refractivity contribution in [2.75, 3.05) is 0 Å². The minimum Gasteiger partial charge on any atom is -0.270 e. The van der Waals surface area contributed by atoms with Gasteiger partial charge in [0.2, 0.25) is 0 Å². The highest BCUT2D eigenvalue weighted by Gasteiger charge is 2.43. The van der Waals surface area contributed by atoms with E-state index in [2.05, 4.69) is 0 Å². The lowest BCUT2D eigenvalue weighted by molar-refractivity contribution is 0.535. The molecular formula is C9H20F4Si2. The van der Waals surface area contributed by atoms with Gasteiger partial charge in [-0.1, -0.05) is 27.7 Å². The standard InChI is InChI=1S/C9H20F4Si2/c1-8(2)14(10,11)6-5-7-15(12,13)9(3)4/h8-9H,5-7H2,1-4H3. The Morgan fingerprint density at radius 1 is 0.733 bits per heavy atom. The van der Waals surface area contributed by atoms with Gasteiger partial charge in [0.05, 0.1) is 0 Å². The van der Waals surface area contributed by atoms with Crippen LogP contribution < -0.4 is 0 Å². The number of halogens is 4. The third-order valence-corrected chi connectivity index (χ3v) is 8.13. The van der Waals surface area contributed by atoms with Crippen molar-refractivity contribution >= 4 is 17.5 Å². The average Bonchev–Trinajstić information content (AvgIpc) is 2.02. The number of hydrogen-bond acceptors (Lipinski definition) is 0. The van der Waals surface area contributed by atoms with Crippen molar-refractivity contribution in [2.24, 2.45) is 0 Å². The summed E-state index contributed by atoms with van der Waals surface area (Å²) in [6.07, 6.45) is -0.00515. The molecule has 0 spiro atoms. The monoisotopic (exact) mass is 260 g/mol. The molecule has 0 heterocycles. The maximum atomic E-state index is 13.2. The molecule has 0 amide bonds. The van der Waals surface area contributed by atoms with Gasteiger partial charge in [-0.25, -0.2) is 0 Å². The Hall–Kier alpha value is 0.154. The van der Waals surface area contributed by atoms with Crippen LogP contribution in [-0.4, -0.2) is 17.5 Å². The van der Waals surface area contributed by atoms with Gasteiger partial charge in [0, 0.05) is 11.1 Å². The summed E-state index contributed by atoms with van der Waals surface area (Å²) in [5.41, 5.74) is -1.27. The maximum Gasteiger partial charge on any atom is 0.427 e. The van der Waals surface area contributed by atoms with E-state index in [1.165, 1.54) is 27.7 Å². The Bertz CT molecular complexity index is 173. The summed E-state index contributed by atoms with van der Waals surface area (Å²) in [6.45, 7) is 5.91. The molecule has 0 aliphatic carbocycles. The smallest absolute Gasteiger partial charge is 0.270 e. The number of hydrogen-bond donors (Lipinski definition) is 0. The third-order valence-electron chi connectivity index (χ3n) is 2.71. The molecule has 0 fully saturated rings. The Kier molecular flexibility index (Phi) is 5.53. The van der Waals surface area contributed by atoms with Crippen LogP contribution >= 0.6 is 0 Å². The Balaban J connectivity index is 4.00. The van der Waals surface area contributed by atoms with Crippen molar-refractivity contribution in [3.8, 4) is 0 Å². The molecule has 0 radical (unpaired) electrons. The predicted molar refractivity (Wildman–Crippen MR) is 60.4 cm³/mol. The van der Waals surface area contributed by atoms with Crippen molar-refractivity contribution in [1.29, 1.82) is 0 Å². The second-order valence-electron chi connectivity index (χ2n) is 4.69. The van der Waals surface area contributed by atoms with Gasteiger partial charge < -0.3 is 0 Å². The minimum atomic E-state index is -4.23. The van der Waals surface area contributed by atoms with Crippen LogP contribution in [0.2, 0.25) is 23.2 Å². The fourth-order valence-corrected chi connectivity index (χ4v) is 3.94. The molecule has 0 saturated heterocycles. The Morgan fingerprint density at radius 2 is 1.00 bits per heavy atom. The topological polar surface area (TPSA) is 0 Å². The van der Waals surface area contributed by atoms with Gasteiger partial charge in [-0.05, 0) is 18.5 Å². The highest BCUT2D eigenvalue weighted by atomic mass is 28.4. The van der Waals surface area contributed by atoms with Crippen LogP contribution in [0.4, 0.5) is 16.4 Å². The van der Waals surface area contributed by atoms with Gasteiger partial charge in [-0.2, -0.15) is 0 Å². The molecule has 0 nitrogen and oxygen atoms in total. The molecule has 0 aliphatic rings. The molecule has 92 valence electrons. The van der Waals surface area contributed by atoms with Crippen LogP contribution in [0.25, 0.3) is 0 Å². The largest absolute Gasteiger partial charge is 0.427 e. The Morgan fingerprint density at radius 3 is 1.20 bits per heavy atom. The summed E-state index contributed by atoms with van der Waals surface area (Å²) in [4.78, 5) is 0. The lowest BCUT2D eigenvalue weighted by atomic mass is 10.5. The van der Waals surface area contributed by atoms with Gasteiger partial charge in [0.1, 0.15) is 0 Å². The van der Waals surface area contributed by atoms with E-state index in [4.69, 9.17) is 0 Å². The quantitative estimate of drug-likeness (QED) is 0.360. The van der Waals surface area contributed by atoms with E-state index in [1.54, 1.807) is 0 Å². The molecule has 0 aromatic rings. The molecule has 0 unspecified atom stereocenters. The van der Waals surface area contributed by atoms with E-state index in [0.717, 1.165) is 0 Å². The van der Waals surface area contributed by atoms with E-state index in [-0.39, 0.29) is 18.5 Å². The molecule has 0 N–H and O–H groups in total. The summed E-state index contributed by atoms with van der Waals surface area (Å²) in [6, 6.07) is -0.556. The van der Waals surface area contributed by atoms with E-state index < -0.39 is 28.6 Å². The second kappa shape index (κ2) is 5.47. The first-order valence-electron chi connectivity index (χ1n) is 5.35. The zero-order valence-electron chi connectivity index (χ0n) is 9.79. The zero-order chi connectivity index (χ0) is 12.3. The van der Waals surface area contributed by atoms with Crippen LogP contribution in [0.3, 0.4) is 0 Å². The normalized spacial score (nSPS) is 14.0. The van der Waals surface area contributed by atoms with Crippen LogP contribution in [0.1, 0.15) is 34.1 Å². The Labute approximate surface area is 91.8 Å². The van der Waals surface area contributed by atoms with Crippen molar-refractivity contribution in [2.45, 2.75) is 57.3 Å². The minimum absolute atomic E-state index is 0.00515. The lowest BCUT2D eigenvalue weighted by Crippen LogP contribution is -2.30. The summed E-state index contributed by atoms with van der Waals surface area (Å²) < 4.78 is 52.9. The molecule has 0 rings (SSSR count). The van der Waals surface area contributed by atoms with E-state index in [1.807, 2.05) is 0 Å². The predicted octanol–water partition coefficient (Wildman–Crippen LogP) is 4.96. The summed E-state index contributed by atoms with van der Waals surface area (Å²) in [5.74, 6) is 0. The SMILES string of the molecule is CC(C)[Si](F)(F)CCC[Si](F)(F)C(C)C. The van der Waals surface area contributed by atoms with Crippen molar-refractivity contribution in [1.82, 2.24) is 0 Å². The molecular weight excluding hydrogens is 240 g/mol. The van der Waals surface area contributed by atoms with Gasteiger partial charge >= 0.3 is 17.5 Å². The molecule has 6 heteroatoms. The zero-order valence-corrected chi connectivity index (χ0v) is 11.8. The van der Waals surface area contributed by atoms with Crippen molar-refractivity contribution < 1.29 is 16.4 Å². The van der Waals surface area contributed by atoms with Crippen molar-refractivity contribution in [3.05, 3.63) is 0 Å². The summed E-state index contributed by atoms with van der Waals surface area (Å²) in [7, 11) is -8.45. The van der Waals surface area contributed by atoms with Crippen molar-refractivity contribution in [3.63, 3.8) is 0 Å². The first-order chi connectivity index (χ1) is 6.59.